The van der Waals surface area contributed by atoms with Crippen molar-refractivity contribution >= 4 is 17.4 Å². The molecule has 2 N–H and O–H groups in total. The van der Waals surface area contributed by atoms with Crippen LogP contribution in [-0.4, -0.2) is 44.9 Å². The third kappa shape index (κ3) is 4.77. The van der Waals surface area contributed by atoms with E-state index < -0.39 is 0 Å². The molecule has 0 aromatic carbocycles. The maximum Gasteiger partial charge on any atom is 0.234 e. The minimum atomic E-state index is -0.178. The number of hydrogen-bond acceptors (Lipinski definition) is 7. The van der Waals surface area contributed by atoms with Gasteiger partial charge in [-0.15, -0.1) is 10.2 Å². The van der Waals surface area contributed by atoms with E-state index in [1.807, 2.05) is 32.0 Å². The highest BCUT2D eigenvalue weighted by Crippen LogP contribution is 2.21. The predicted molar refractivity (Wildman–Crippen MR) is 108 cm³/mol. The lowest BCUT2D eigenvalue weighted by Gasteiger charge is -2.27. The van der Waals surface area contributed by atoms with Crippen molar-refractivity contribution in [2.75, 3.05) is 13.2 Å². The zero-order chi connectivity index (χ0) is 21.0. The predicted octanol–water partition coefficient (Wildman–Crippen LogP) is 1.81. The zero-order valence-electron chi connectivity index (χ0n) is 16.9. The van der Waals surface area contributed by atoms with Crippen LogP contribution in [-0.2, 0) is 22.6 Å². The van der Waals surface area contributed by atoms with Crippen LogP contribution in [0.5, 0.6) is 5.88 Å². The first-order valence-electron chi connectivity index (χ1n) is 9.57. The molecule has 29 heavy (non-hydrogen) atoms. The number of rotatable bonds is 6. The summed E-state index contributed by atoms with van der Waals surface area (Å²) in [4.78, 5) is 30.0. The number of aromatic nitrogens is 3. The molecule has 0 atom stereocenters. The molecule has 3 heterocycles. The molecule has 0 saturated heterocycles. The van der Waals surface area contributed by atoms with E-state index in [1.54, 1.807) is 11.1 Å². The number of nitrogens with two attached hydrogens (primary N) is 1. The van der Waals surface area contributed by atoms with Gasteiger partial charge in [0.05, 0.1) is 23.5 Å². The van der Waals surface area contributed by atoms with Crippen LogP contribution >= 0.6 is 0 Å². The number of fused-ring (bicyclic) bond motifs is 1. The quantitative estimate of drug-likeness (QED) is 0.743. The lowest BCUT2D eigenvalue weighted by Crippen LogP contribution is -2.36. The third-order valence-corrected chi connectivity index (χ3v) is 4.92. The van der Waals surface area contributed by atoms with Crippen LogP contribution in [0.2, 0.25) is 0 Å². The Hall–Kier alpha value is -3.29. The Morgan fingerprint density at radius 1 is 1.28 bits per heavy atom. The topological polar surface area (TPSA) is 111 Å². The van der Waals surface area contributed by atoms with Crippen LogP contribution in [0.25, 0.3) is 5.70 Å². The number of nitrogens with zero attached hydrogens (tertiary/aromatic N) is 4. The van der Waals surface area contributed by atoms with Gasteiger partial charge >= 0.3 is 0 Å². The number of pyridine rings is 1. The van der Waals surface area contributed by atoms with E-state index in [0.717, 1.165) is 17.0 Å². The fourth-order valence-electron chi connectivity index (χ4n) is 3.12. The molecule has 8 heteroatoms. The average molecular weight is 395 g/mol. The van der Waals surface area contributed by atoms with Crippen molar-refractivity contribution in [1.82, 2.24) is 20.1 Å². The van der Waals surface area contributed by atoms with Gasteiger partial charge < -0.3 is 15.4 Å². The molecule has 1 amide bonds. The molecule has 8 nitrogen and oxygen atoms in total. The Bertz CT molecular complexity index is 953. The molecule has 0 bridgehead atoms. The molecule has 2 aromatic rings. The zero-order valence-corrected chi connectivity index (χ0v) is 16.9. The second-order valence-electron chi connectivity index (χ2n) is 7.00. The first-order valence-corrected chi connectivity index (χ1v) is 9.57. The maximum atomic E-state index is 12.1. The van der Waals surface area contributed by atoms with Crippen LogP contribution in [0.4, 0.5) is 0 Å². The minimum absolute atomic E-state index is 0.0110. The lowest BCUT2D eigenvalue weighted by molar-refractivity contribution is -0.131. The smallest absolute Gasteiger partial charge is 0.234 e. The van der Waals surface area contributed by atoms with Crippen LogP contribution in [0.1, 0.15) is 42.8 Å². The molecular formula is C21H25N5O3. The Balaban J connectivity index is 1.74. The number of ketones is 1. The molecule has 2 aromatic heterocycles. The van der Waals surface area contributed by atoms with Crippen LogP contribution in [0.15, 0.2) is 30.0 Å². The summed E-state index contributed by atoms with van der Waals surface area (Å²) in [6.45, 7) is 6.27. The normalized spacial score (nSPS) is 14.1. The van der Waals surface area contributed by atoms with Gasteiger partial charge in [-0.25, -0.2) is 0 Å². The summed E-state index contributed by atoms with van der Waals surface area (Å²) >= 11 is 0. The Morgan fingerprint density at radius 2 is 2.07 bits per heavy atom. The second-order valence-corrected chi connectivity index (χ2v) is 7.00. The number of amides is 1. The molecule has 0 radical (unpaired) electrons. The summed E-state index contributed by atoms with van der Waals surface area (Å²) in [5.41, 5.74) is 10.2. The van der Waals surface area contributed by atoms with Crippen molar-refractivity contribution in [2.24, 2.45) is 5.73 Å². The summed E-state index contributed by atoms with van der Waals surface area (Å²) in [5, 5.41) is 8.30. The van der Waals surface area contributed by atoms with Gasteiger partial charge in [-0.3, -0.25) is 14.6 Å². The summed E-state index contributed by atoms with van der Waals surface area (Å²) in [6.07, 6.45) is 2.80. The fraction of sp³-hybridized carbons (Fsp3) is 0.381. The fourth-order valence-corrected chi connectivity index (χ4v) is 3.12. The lowest BCUT2D eigenvalue weighted by atomic mass is 10.1. The van der Waals surface area contributed by atoms with E-state index in [1.165, 1.54) is 6.92 Å². The molecule has 0 aliphatic carbocycles. The highest BCUT2D eigenvalue weighted by Gasteiger charge is 2.22. The molecule has 152 valence electrons. The SMILES string of the molecule is CCC(=O)N1CCc2cc(OC/C(C(C)=O)=C(/N)c3ccc(C)nc3)nnc2C1. The van der Waals surface area contributed by atoms with Gasteiger partial charge in [-0.2, -0.15) is 0 Å². The van der Waals surface area contributed by atoms with Crippen molar-refractivity contribution in [1.29, 1.82) is 0 Å². The van der Waals surface area contributed by atoms with Gasteiger partial charge in [-0.1, -0.05) is 6.92 Å². The Labute approximate surface area is 169 Å². The molecule has 0 unspecified atom stereocenters. The van der Waals surface area contributed by atoms with Crippen molar-refractivity contribution in [3.05, 3.63) is 52.5 Å². The van der Waals surface area contributed by atoms with Gasteiger partial charge in [0.25, 0.3) is 0 Å². The molecule has 0 saturated carbocycles. The summed E-state index contributed by atoms with van der Waals surface area (Å²) < 4.78 is 5.72. The third-order valence-electron chi connectivity index (χ3n) is 4.92. The monoisotopic (exact) mass is 395 g/mol. The van der Waals surface area contributed by atoms with Crippen molar-refractivity contribution in [2.45, 2.75) is 40.2 Å². The highest BCUT2D eigenvalue weighted by molar-refractivity contribution is 6.00. The molecule has 1 aliphatic rings. The number of ether oxygens (including phenoxy) is 1. The van der Waals surface area contributed by atoms with E-state index in [2.05, 4.69) is 15.2 Å². The van der Waals surface area contributed by atoms with Crippen molar-refractivity contribution < 1.29 is 14.3 Å². The van der Waals surface area contributed by atoms with E-state index in [0.29, 0.717) is 48.6 Å². The Kier molecular flexibility index (Phi) is 6.21. The van der Waals surface area contributed by atoms with E-state index in [4.69, 9.17) is 10.5 Å². The van der Waals surface area contributed by atoms with Crippen LogP contribution in [0, 0.1) is 6.92 Å². The van der Waals surface area contributed by atoms with Gasteiger partial charge in [-0.05, 0) is 38.0 Å². The van der Waals surface area contributed by atoms with E-state index in [9.17, 15) is 9.59 Å². The highest BCUT2D eigenvalue weighted by atomic mass is 16.5. The molecule has 0 spiro atoms. The van der Waals surface area contributed by atoms with Gasteiger partial charge in [0.1, 0.15) is 6.61 Å². The van der Waals surface area contributed by atoms with Crippen LogP contribution in [0.3, 0.4) is 0 Å². The Morgan fingerprint density at radius 3 is 2.72 bits per heavy atom. The number of aryl methyl sites for hydroxylation is 1. The van der Waals surface area contributed by atoms with Gasteiger partial charge in [0, 0.05) is 36.5 Å². The first-order chi connectivity index (χ1) is 13.9. The second kappa shape index (κ2) is 8.81. The van der Waals surface area contributed by atoms with Crippen LogP contribution < -0.4 is 10.5 Å². The summed E-state index contributed by atoms with van der Waals surface area (Å²) in [7, 11) is 0. The van der Waals surface area contributed by atoms with E-state index >= 15 is 0 Å². The summed E-state index contributed by atoms with van der Waals surface area (Å²) in [5.74, 6) is 0.255. The van der Waals surface area contributed by atoms with E-state index in [-0.39, 0.29) is 18.3 Å². The number of carbonyl (C=O) groups is 2. The summed E-state index contributed by atoms with van der Waals surface area (Å²) in [6, 6.07) is 5.47. The molecule has 3 rings (SSSR count). The maximum absolute atomic E-state index is 12.1. The standard InChI is InChI=1S/C21H25N5O3/c1-4-20(28)26-8-7-15-9-19(25-24-18(15)11-26)29-12-17(14(3)27)21(22)16-6-5-13(2)23-10-16/h5-6,9-10H,4,7-8,11-12,22H2,1-3H3/b21-17-. The minimum Gasteiger partial charge on any atom is -0.471 e. The molecular weight excluding hydrogens is 370 g/mol. The molecule has 0 fully saturated rings. The van der Waals surface area contributed by atoms with Crippen molar-refractivity contribution in [3.63, 3.8) is 0 Å². The number of Topliss-reactive ketones (excluding diaryl/α,β-unsaturated/α-hetero) is 1. The average Bonchev–Trinajstić information content (AvgIpc) is 2.73. The molecule has 1 aliphatic heterocycles. The number of hydrogen-bond donors (Lipinski definition) is 1. The van der Waals surface area contributed by atoms with Crippen molar-refractivity contribution in [3.8, 4) is 5.88 Å². The van der Waals surface area contributed by atoms with Gasteiger partial charge in [0.15, 0.2) is 5.78 Å². The van der Waals surface area contributed by atoms with Gasteiger partial charge in [0.2, 0.25) is 11.8 Å². The largest absolute Gasteiger partial charge is 0.471 e. The number of carbonyl (C=O) groups excluding carboxylic acids is 2. The first kappa shape index (κ1) is 20.4.